The first-order valence-electron chi connectivity index (χ1n) is 12.4. The fraction of sp³-hybridized carbons (Fsp3) is 0.267. The molecule has 0 N–H and O–H groups in total. The first-order valence-corrected chi connectivity index (χ1v) is 12.4. The number of fused-ring (bicyclic) bond motifs is 4. The maximum Gasteiger partial charge on any atom is 0.330 e. The SMILES string of the molecule is COc1ccc(C(=O)[C@H]2[C@@H](c3ccccc3)C3(C(=O)OC(C)(C)OC3=O)[C@H]3c4ccccc4C=NN23)cc1. The second kappa shape index (κ2) is 8.55. The molecule has 0 radical (unpaired) electrons. The molecular weight excluding hydrogens is 484 g/mol. The maximum atomic E-state index is 14.3. The Hall–Kier alpha value is -4.46. The molecule has 3 heterocycles. The number of hydrogen-bond donors (Lipinski definition) is 0. The molecule has 192 valence electrons. The van der Waals surface area contributed by atoms with Gasteiger partial charge in [0.1, 0.15) is 17.8 Å². The van der Waals surface area contributed by atoms with E-state index in [0.717, 1.165) is 5.56 Å². The Balaban J connectivity index is 1.62. The molecule has 8 heteroatoms. The molecule has 0 saturated carbocycles. The van der Waals surface area contributed by atoms with Crippen molar-refractivity contribution in [1.82, 2.24) is 5.01 Å². The van der Waals surface area contributed by atoms with Crippen molar-refractivity contribution in [1.29, 1.82) is 0 Å². The lowest BCUT2D eigenvalue weighted by atomic mass is 9.65. The zero-order valence-corrected chi connectivity index (χ0v) is 21.2. The van der Waals surface area contributed by atoms with Crippen molar-refractivity contribution < 1.29 is 28.6 Å². The van der Waals surface area contributed by atoms with E-state index in [1.807, 2.05) is 54.6 Å². The molecule has 38 heavy (non-hydrogen) atoms. The van der Waals surface area contributed by atoms with Gasteiger partial charge in [-0.2, -0.15) is 5.10 Å². The molecule has 3 atom stereocenters. The zero-order valence-electron chi connectivity index (χ0n) is 21.2. The van der Waals surface area contributed by atoms with Crippen molar-refractivity contribution in [3.63, 3.8) is 0 Å². The smallest absolute Gasteiger partial charge is 0.330 e. The highest BCUT2D eigenvalue weighted by molar-refractivity contribution is 6.09. The predicted octanol–water partition coefficient (Wildman–Crippen LogP) is 4.26. The van der Waals surface area contributed by atoms with Gasteiger partial charge in [-0.25, -0.2) is 0 Å². The standard InChI is InChI=1S/C30H26N2O6/c1-29(2)37-27(34)30(28(35)38-29)23(18-9-5-4-6-10-18)24(25(33)19-13-15-21(36-3)16-14-19)32-26(30)22-12-8-7-11-20(22)17-31-32/h4-17,23-24,26H,1-3H3/t23-,24-,26-/m1/s1. The van der Waals surface area contributed by atoms with Crippen LogP contribution < -0.4 is 4.74 Å². The number of rotatable bonds is 4. The van der Waals surface area contributed by atoms with Gasteiger partial charge in [0.2, 0.25) is 5.41 Å². The summed E-state index contributed by atoms with van der Waals surface area (Å²) < 4.78 is 16.8. The lowest BCUT2D eigenvalue weighted by Crippen LogP contribution is -2.58. The minimum Gasteiger partial charge on any atom is -0.497 e. The van der Waals surface area contributed by atoms with Crippen LogP contribution in [0.15, 0.2) is 84.0 Å². The van der Waals surface area contributed by atoms with E-state index in [2.05, 4.69) is 5.10 Å². The summed E-state index contributed by atoms with van der Waals surface area (Å²) in [7, 11) is 1.55. The highest BCUT2D eigenvalue weighted by Gasteiger charge is 2.75. The number of esters is 2. The third kappa shape index (κ3) is 3.36. The van der Waals surface area contributed by atoms with E-state index >= 15 is 0 Å². The van der Waals surface area contributed by atoms with E-state index in [0.29, 0.717) is 22.4 Å². The van der Waals surface area contributed by atoms with E-state index in [9.17, 15) is 14.4 Å². The molecule has 0 aliphatic carbocycles. The maximum absolute atomic E-state index is 14.3. The molecule has 3 aromatic rings. The lowest BCUT2D eigenvalue weighted by Gasteiger charge is -2.44. The Morgan fingerprint density at radius 2 is 1.53 bits per heavy atom. The van der Waals surface area contributed by atoms with Crippen LogP contribution in [0.1, 0.15) is 52.9 Å². The normalized spacial score (nSPS) is 24.3. The van der Waals surface area contributed by atoms with Gasteiger partial charge in [0.05, 0.1) is 13.3 Å². The van der Waals surface area contributed by atoms with Crippen LogP contribution in [0.3, 0.4) is 0 Å². The zero-order chi connectivity index (χ0) is 26.7. The topological polar surface area (TPSA) is 94.5 Å². The highest BCUT2D eigenvalue weighted by Crippen LogP contribution is 2.62. The number of Topliss-reactive ketones (excluding diaryl/α,β-unsaturated/α-hetero) is 1. The Morgan fingerprint density at radius 3 is 2.18 bits per heavy atom. The molecule has 6 rings (SSSR count). The van der Waals surface area contributed by atoms with E-state index in [1.54, 1.807) is 42.6 Å². The van der Waals surface area contributed by atoms with Gasteiger partial charge in [-0.15, -0.1) is 0 Å². The summed E-state index contributed by atoms with van der Waals surface area (Å²) in [5, 5.41) is 6.26. The molecule has 0 amide bonds. The third-order valence-corrected chi connectivity index (χ3v) is 7.56. The number of carbonyl (C=O) groups is 3. The molecule has 2 saturated heterocycles. The average molecular weight is 511 g/mol. The summed E-state index contributed by atoms with van der Waals surface area (Å²) in [5.41, 5.74) is 0.608. The first kappa shape index (κ1) is 23.9. The van der Waals surface area contributed by atoms with Gasteiger partial charge < -0.3 is 14.2 Å². The van der Waals surface area contributed by atoms with Gasteiger partial charge in [0.25, 0.3) is 5.79 Å². The van der Waals surface area contributed by atoms with E-state index in [-0.39, 0.29) is 5.78 Å². The monoisotopic (exact) mass is 510 g/mol. The van der Waals surface area contributed by atoms with E-state index in [1.165, 1.54) is 13.8 Å². The largest absolute Gasteiger partial charge is 0.497 e. The van der Waals surface area contributed by atoms with Crippen molar-refractivity contribution in [2.45, 2.75) is 37.6 Å². The second-order valence-electron chi connectivity index (χ2n) is 10.1. The van der Waals surface area contributed by atoms with Crippen LogP contribution >= 0.6 is 0 Å². The Morgan fingerprint density at radius 1 is 0.895 bits per heavy atom. The fourth-order valence-corrected chi connectivity index (χ4v) is 5.97. The second-order valence-corrected chi connectivity index (χ2v) is 10.1. The lowest BCUT2D eigenvalue weighted by molar-refractivity contribution is -0.254. The molecule has 2 fully saturated rings. The van der Waals surface area contributed by atoms with E-state index in [4.69, 9.17) is 14.2 Å². The van der Waals surface area contributed by atoms with Gasteiger partial charge in [0, 0.05) is 25.3 Å². The summed E-state index contributed by atoms with van der Waals surface area (Å²) >= 11 is 0. The number of nitrogens with zero attached hydrogens (tertiary/aromatic N) is 2. The quantitative estimate of drug-likeness (QED) is 0.294. The Bertz CT molecular complexity index is 1440. The summed E-state index contributed by atoms with van der Waals surface area (Å²) in [4.78, 5) is 42.6. The molecule has 3 aromatic carbocycles. The number of ether oxygens (including phenoxy) is 3. The first-order chi connectivity index (χ1) is 18.3. The molecule has 0 bridgehead atoms. The predicted molar refractivity (Wildman–Crippen MR) is 138 cm³/mol. The minimum absolute atomic E-state index is 0.287. The fourth-order valence-electron chi connectivity index (χ4n) is 5.97. The number of methoxy groups -OCH3 is 1. The molecule has 0 unspecified atom stereocenters. The van der Waals surface area contributed by atoms with Crippen molar-refractivity contribution in [2.75, 3.05) is 7.11 Å². The molecule has 3 aliphatic heterocycles. The van der Waals surface area contributed by atoms with Crippen LogP contribution in [0.25, 0.3) is 0 Å². The van der Waals surface area contributed by atoms with Gasteiger partial charge in [-0.05, 0) is 41.0 Å². The number of cyclic esters (lactones) is 2. The number of carbonyl (C=O) groups excluding carboxylic acids is 3. The molecule has 0 aromatic heterocycles. The number of benzene rings is 3. The number of hydrazone groups is 1. The van der Waals surface area contributed by atoms with Crippen LogP contribution in [0.4, 0.5) is 0 Å². The van der Waals surface area contributed by atoms with Crippen LogP contribution in [0, 0.1) is 5.41 Å². The molecular formula is C30H26N2O6. The average Bonchev–Trinajstić information content (AvgIpc) is 3.24. The van der Waals surface area contributed by atoms with Crippen LogP contribution in [-0.2, 0) is 19.1 Å². The summed E-state index contributed by atoms with van der Waals surface area (Å²) in [5.74, 6) is -3.54. The summed E-state index contributed by atoms with van der Waals surface area (Å²) in [6, 6.07) is 21.3. The summed E-state index contributed by atoms with van der Waals surface area (Å²) in [6.07, 6.45) is 1.66. The van der Waals surface area contributed by atoms with Gasteiger partial charge >= 0.3 is 11.9 Å². The van der Waals surface area contributed by atoms with Crippen molar-refractivity contribution in [3.8, 4) is 5.75 Å². The Kier molecular flexibility index (Phi) is 5.38. The van der Waals surface area contributed by atoms with Gasteiger partial charge in [0.15, 0.2) is 5.78 Å². The van der Waals surface area contributed by atoms with Crippen LogP contribution in [0.5, 0.6) is 5.75 Å². The molecule has 3 aliphatic rings. The third-order valence-electron chi connectivity index (χ3n) is 7.56. The van der Waals surface area contributed by atoms with Crippen LogP contribution in [-0.4, -0.2) is 47.9 Å². The van der Waals surface area contributed by atoms with Crippen molar-refractivity contribution >= 4 is 23.9 Å². The number of hydrogen-bond acceptors (Lipinski definition) is 8. The number of ketones is 1. The van der Waals surface area contributed by atoms with Crippen molar-refractivity contribution in [2.24, 2.45) is 10.5 Å². The van der Waals surface area contributed by atoms with Crippen LogP contribution in [0.2, 0.25) is 0 Å². The Labute approximate surface area is 219 Å². The van der Waals surface area contributed by atoms with E-state index < -0.39 is 41.1 Å². The minimum atomic E-state index is -1.88. The summed E-state index contributed by atoms with van der Waals surface area (Å²) in [6.45, 7) is 3.04. The molecule has 1 spiro atoms. The van der Waals surface area contributed by atoms with Crippen molar-refractivity contribution in [3.05, 3.63) is 101 Å². The van der Waals surface area contributed by atoms with Gasteiger partial charge in [-0.3, -0.25) is 19.4 Å². The molecule has 8 nitrogen and oxygen atoms in total. The highest BCUT2D eigenvalue weighted by atomic mass is 16.7. The van der Waals surface area contributed by atoms with Gasteiger partial charge in [-0.1, -0.05) is 54.6 Å².